The highest BCUT2D eigenvalue weighted by molar-refractivity contribution is 5.99. The largest absolute Gasteiger partial charge is 0.415 e. The maximum atomic E-state index is 13.1. The first kappa shape index (κ1) is 29.3. The van der Waals surface area contributed by atoms with Crippen molar-refractivity contribution in [3.63, 3.8) is 0 Å². The van der Waals surface area contributed by atoms with Gasteiger partial charge in [0.1, 0.15) is 11.6 Å². The van der Waals surface area contributed by atoms with Crippen molar-refractivity contribution in [2.75, 3.05) is 45.0 Å². The Kier molecular flexibility index (Phi) is 8.85. The number of hydrogen-bond acceptors (Lipinski definition) is 8. The van der Waals surface area contributed by atoms with Gasteiger partial charge in [-0.2, -0.15) is 5.10 Å². The van der Waals surface area contributed by atoms with Crippen molar-refractivity contribution < 1.29 is 14.3 Å². The number of likely N-dealkylation sites (tertiary alicyclic amines) is 1. The van der Waals surface area contributed by atoms with Crippen molar-refractivity contribution in [3.05, 3.63) is 84.3 Å². The molecule has 2 aliphatic rings. The molecule has 11 nitrogen and oxygen atoms in total. The Morgan fingerprint density at radius 3 is 2.68 bits per heavy atom. The molecular formula is C33H38N8O3. The third-order valence-electron chi connectivity index (χ3n) is 8.15. The Hall–Kier alpha value is -4.74. The molecule has 11 heteroatoms. The molecule has 4 heterocycles. The predicted octanol–water partition coefficient (Wildman–Crippen LogP) is 3.53. The molecule has 0 unspecified atom stereocenters. The number of aromatic nitrogens is 3. The molecule has 4 N–H and O–H groups in total. The van der Waals surface area contributed by atoms with Gasteiger partial charge in [-0.3, -0.25) is 14.4 Å². The van der Waals surface area contributed by atoms with Crippen molar-refractivity contribution in [2.45, 2.75) is 25.4 Å². The number of rotatable bonds is 7. The first-order chi connectivity index (χ1) is 21.4. The fourth-order valence-corrected chi connectivity index (χ4v) is 5.72. The maximum Gasteiger partial charge on any atom is 0.415 e. The normalized spacial score (nSPS) is 17.3. The quantitative estimate of drug-likeness (QED) is 0.296. The standard InChI is InChI=1S/C33H38N8O3/c1-39-21-27(19-37-39)26-17-30(31(34)36-18-26)32(42)38-28-10-14-41(22-28)33(43)44-29-5-2-4-25(16-29)24-8-6-23(7-9-24)20-40-13-3-11-35-12-15-40/h2,4-9,16-19,21,28,35H,3,10-15,20,22H2,1H3,(H2,34,36)(H,38,42)/t28-/m1/s1. The topological polar surface area (TPSA) is 131 Å². The molecule has 2 saturated heterocycles. The number of hydrogen-bond donors (Lipinski definition) is 3. The highest BCUT2D eigenvalue weighted by Gasteiger charge is 2.29. The van der Waals surface area contributed by atoms with Crippen LogP contribution in [-0.2, 0) is 13.6 Å². The van der Waals surface area contributed by atoms with Gasteiger partial charge < -0.3 is 26.0 Å². The van der Waals surface area contributed by atoms with Gasteiger partial charge in [-0.1, -0.05) is 36.4 Å². The van der Waals surface area contributed by atoms with Crippen molar-refractivity contribution in [1.29, 1.82) is 0 Å². The number of anilines is 1. The van der Waals surface area contributed by atoms with Gasteiger partial charge in [-0.25, -0.2) is 9.78 Å². The maximum absolute atomic E-state index is 13.1. The summed E-state index contributed by atoms with van der Waals surface area (Å²) in [6, 6.07) is 17.6. The van der Waals surface area contributed by atoms with E-state index in [1.54, 1.807) is 34.1 Å². The average Bonchev–Trinajstić information content (AvgIpc) is 3.60. The van der Waals surface area contributed by atoms with Crippen LogP contribution >= 0.6 is 0 Å². The number of carbonyl (C=O) groups is 2. The number of carbonyl (C=O) groups excluding carboxylic acids is 2. The molecule has 0 saturated carbocycles. The second kappa shape index (κ2) is 13.3. The lowest BCUT2D eigenvalue weighted by atomic mass is 10.0. The molecule has 44 heavy (non-hydrogen) atoms. The van der Waals surface area contributed by atoms with Gasteiger partial charge in [0.2, 0.25) is 0 Å². The first-order valence-electron chi connectivity index (χ1n) is 15.1. The molecule has 1 atom stereocenters. The number of pyridine rings is 1. The molecule has 2 aromatic carbocycles. The number of aryl methyl sites for hydroxylation is 1. The zero-order valence-electron chi connectivity index (χ0n) is 24.9. The van der Waals surface area contributed by atoms with Crippen LogP contribution in [0.3, 0.4) is 0 Å². The number of amides is 2. The third kappa shape index (κ3) is 7.07. The van der Waals surface area contributed by atoms with E-state index >= 15 is 0 Å². The Morgan fingerprint density at radius 1 is 1.00 bits per heavy atom. The summed E-state index contributed by atoms with van der Waals surface area (Å²) in [4.78, 5) is 34.4. The van der Waals surface area contributed by atoms with Crippen LogP contribution in [-0.4, -0.2) is 81.9 Å². The van der Waals surface area contributed by atoms with Gasteiger partial charge in [-0.15, -0.1) is 0 Å². The monoisotopic (exact) mass is 594 g/mol. The minimum atomic E-state index is -0.444. The molecule has 0 spiro atoms. The fraction of sp³-hybridized carbons (Fsp3) is 0.333. The predicted molar refractivity (Wildman–Crippen MR) is 169 cm³/mol. The second-order valence-corrected chi connectivity index (χ2v) is 11.4. The van der Waals surface area contributed by atoms with E-state index in [4.69, 9.17) is 10.5 Å². The van der Waals surface area contributed by atoms with Crippen LogP contribution < -0.4 is 21.1 Å². The summed E-state index contributed by atoms with van der Waals surface area (Å²) in [5, 5.41) is 10.6. The highest BCUT2D eigenvalue weighted by Crippen LogP contribution is 2.26. The van der Waals surface area contributed by atoms with E-state index in [0.717, 1.165) is 55.0 Å². The smallest absolute Gasteiger partial charge is 0.410 e. The summed E-state index contributed by atoms with van der Waals surface area (Å²) in [5.74, 6) is 0.296. The molecule has 2 amide bonds. The zero-order chi connectivity index (χ0) is 30.5. The van der Waals surface area contributed by atoms with Gasteiger partial charge >= 0.3 is 6.09 Å². The van der Waals surface area contributed by atoms with Crippen LogP contribution in [0.1, 0.15) is 28.8 Å². The SMILES string of the molecule is Cn1cc(-c2cnc(N)c(C(=O)N[C@@H]3CCN(C(=O)Oc4cccc(-c5ccc(CN6CCCNCC6)cc5)c4)C3)c2)cn1. The molecule has 4 aromatic rings. The van der Waals surface area contributed by atoms with Gasteiger partial charge in [0.15, 0.2) is 0 Å². The molecular weight excluding hydrogens is 556 g/mol. The summed E-state index contributed by atoms with van der Waals surface area (Å²) in [6.45, 7) is 6.05. The van der Waals surface area contributed by atoms with E-state index < -0.39 is 6.09 Å². The molecule has 2 aliphatic heterocycles. The van der Waals surface area contributed by atoms with E-state index in [-0.39, 0.29) is 23.3 Å². The summed E-state index contributed by atoms with van der Waals surface area (Å²) in [6.07, 6.45) is 6.51. The van der Waals surface area contributed by atoms with E-state index in [9.17, 15) is 9.59 Å². The van der Waals surface area contributed by atoms with Gasteiger partial charge in [0.25, 0.3) is 5.91 Å². The molecule has 228 valence electrons. The van der Waals surface area contributed by atoms with Crippen LogP contribution in [0.4, 0.5) is 10.6 Å². The number of nitrogens with zero attached hydrogens (tertiary/aromatic N) is 5. The van der Waals surface area contributed by atoms with E-state index in [1.165, 1.54) is 12.0 Å². The molecule has 0 radical (unpaired) electrons. The molecule has 0 aliphatic carbocycles. The van der Waals surface area contributed by atoms with E-state index in [0.29, 0.717) is 25.3 Å². The Balaban J connectivity index is 1.03. The third-order valence-corrected chi connectivity index (χ3v) is 8.15. The van der Waals surface area contributed by atoms with Crippen molar-refractivity contribution in [2.24, 2.45) is 7.05 Å². The summed E-state index contributed by atoms with van der Waals surface area (Å²) < 4.78 is 7.43. The van der Waals surface area contributed by atoms with Crippen molar-refractivity contribution in [1.82, 2.24) is 35.2 Å². The minimum absolute atomic E-state index is 0.147. The number of benzene rings is 2. The van der Waals surface area contributed by atoms with Crippen molar-refractivity contribution >= 4 is 17.8 Å². The van der Waals surface area contributed by atoms with Gasteiger partial charge in [-0.05, 0) is 60.8 Å². The van der Waals surface area contributed by atoms with Crippen LogP contribution in [0.2, 0.25) is 0 Å². The number of nitrogens with two attached hydrogens (primary N) is 1. The number of nitrogens with one attached hydrogen (secondary N) is 2. The summed E-state index contributed by atoms with van der Waals surface area (Å²) in [5.41, 5.74) is 11.2. The second-order valence-electron chi connectivity index (χ2n) is 11.4. The van der Waals surface area contributed by atoms with Gasteiger partial charge in [0.05, 0.1) is 11.8 Å². The molecule has 2 aromatic heterocycles. The highest BCUT2D eigenvalue weighted by atomic mass is 16.6. The molecule has 2 fully saturated rings. The van der Waals surface area contributed by atoms with Crippen LogP contribution in [0.5, 0.6) is 5.75 Å². The fourth-order valence-electron chi connectivity index (χ4n) is 5.72. The molecule has 6 rings (SSSR count). The first-order valence-corrected chi connectivity index (χ1v) is 15.1. The molecule has 0 bridgehead atoms. The average molecular weight is 595 g/mol. The summed E-state index contributed by atoms with van der Waals surface area (Å²) >= 11 is 0. The van der Waals surface area contributed by atoms with E-state index in [2.05, 4.69) is 49.9 Å². The van der Waals surface area contributed by atoms with Crippen LogP contribution in [0.15, 0.2) is 73.2 Å². The lowest BCUT2D eigenvalue weighted by Gasteiger charge is -2.19. The summed E-state index contributed by atoms with van der Waals surface area (Å²) in [7, 11) is 1.82. The Labute approximate surface area is 257 Å². The Morgan fingerprint density at radius 2 is 1.86 bits per heavy atom. The lowest BCUT2D eigenvalue weighted by molar-refractivity contribution is 0.0937. The Bertz CT molecular complexity index is 1610. The van der Waals surface area contributed by atoms with Gasteiger partial charge in [0, 0.05) is 69.3 Å². The number of nitrogen functional groups attached to an aromatic ring is 1. The minimum Gasteiger partial charge on any atom is -0.410 e. The lowest BCUT2D eigenvalue weighted by Crippen LogP contribution is -2.39. The number of ether oxygens (including phenoxy) is 1. The van der Waals surface area contributed by atoms with Crippen LogP contribution in [0, 0.1) is 0 Å². The van der Waals surface area contributed by atoms with Crippen molar-refractivity contribution in [3.8, 4) is 28.0 Å². The van der Waals surface area contributed by atoms with E-state index in [1.807, 2.05) is 31.4 Å². The zero-order valence-corrected chi connectivity index (χ0v) is 24.9. The van der Waals surface area contributed by atoms with Crippen LogP contribution in [0.25, 0.3) is 22.3 Å².